The number of hydrogen-bond acceptors (Lipinski definition) is 4. The molecule has 0 aromatic heterocycles. The number of rotatable bonds is 3. The third-order valence-corrected chi connectivity index (χ3v) is 3.57. The van der Waals surface area contributed by atoms with Crippen LogP contribution in [0, 0.1) is 5.92 Å². The Labute approximate surface area is 106 Å². The molecule has 18 heavy (non-hydrogen) atoms. The van der Waals surface area contributed by atoms with E-state index in [-0.39, 0.29) is 5.97 Å². The van der Waals surface area contributed by atoms with Crippen molar-refractivity contribution in [2.24, 2.45) is 5.92 Å². The number of piperidine rings is 1. The normalized spacial score (nSPS) is 30.1. The molecule has 4 nitrogen and oxygen atoms in total. The van der Waals surface area contributed by atoms with Gasteiger partial charge in [0, 0.05) is 19.0 Å². The predicted molar refractivity (Wildman–Crippen MR) is 65.4 cm³/mol. The fourth-order valence-electron chi connectivity index (χ4n) is 2.61. The van der Waals surface area contributed by atoms with Crippen molar-refractivity contribution in [2.45, 2.75) is 25.6 Å². The van der Waals surface area contributed by atoms with Gasteiger partial charge in [-0.05, 0) is 18.4 Å². The second-order valence-corrected chi connectivity index (χ2v) is 4.91. The van der Waals surface area contributed by atoms with Crippen LogP contribution in [-0.4, -0.2) is 30.2 Å². The van der Waals surface area contributed by atoms with Gasteiger partial charge >= 0.3 is 5.97 Å². The number of nitrogens with zero attached hydrogens (tertiary/aromatic N) is 1. The molecule has 0 amide bonds. The zero-order valence-corrected chi connectivity index (χ0v) is 10.2. The van der Waals surface area contributed by atoms with Gasteiger partial charge in [-0.2, -0.15) is 5.06 Å². The zero-order chi connectivity index (χ0) is 12.4. The molecule has 96 valence electrons. The summed E-state index contributed by atoms with van der Waals surface area (Å²) in [7, 11) is 0. The first-order chi connectivity index (χ1) is 8.83. The Kier molecular flexibility index (Phi) is 3.30. The average Bonchev–Trinajstić information content (AvgIpc) is 2.72. The summed E-state index contributed by atoms with van der Waals surface area (Å²) in [4.78, 5) is 17.6. The van der Waals surface area contributed by atoms with Gasteiger partial charge in [-0.3, -0.25) is 4.84 Å². The van der Waals surface area contributed by atoms with Crippen LogP contribution >= 0.6 is 0 Å². The SMILES string of the molecule is O=C(OCc1ccccc1)[C@@H]1ON2CCC[C@@H]1C2. The highest BCUT2D eigenvalue weighted by Gasteiger charge is 2.42. The maximum Gasteiger partial charge on any atom is 0.338 e. The summed E-state index contributed by atoms with van der Waals surface area (Å²) in [6.45, 7) is 2.12. The molecule has 1 unspecified atom stereocenters. The third kappa shape index (κ3) is 2.40. The molecule has 2 bridgehead atoms. The van der Waals surface area contributed by atoms with Crippen LogP contribution in [0.2, 0.25) is 0 Å². The molecule has 2 fully saturated rings. The van der Waals surface area contributed by atoms with Crippen LogP contribution in [-0.2, 0) is 21.0 Å². The number of ether oxygens (including phenoxy) is 1. The lowest BCUT2D eigenvalue weighted by Crippen LogP contribution is -2.29. The van der Waals surface area contributed by atoms with E-state index in [1.165, 1.54) is 0 Å². The lowest BCUT2D eigenvalue weighted by molar-refractivity contribution is -0.183. The molecule has 0 saturated carbocycles. The summed E-state index contributed by atoms with van der Waals surface area (Å²) in [6, 6.07) is 9.72. The van der Waals surface area contributed by atoms with E-state index in [0.717, 1.165) is 31.5 Å². The van der Waals surface area contributed by atoms with Crippen molar-refractivity contribution in [3.63, 3.8) is 0 Å². The zero-order valence-electron chi connectivity index (χ0n) is 10.2. The van der Waals surface area contributed by atoms with Crippen molar-refractivity contribution in [1.82, 2.24) is 5.06 Å². The van der Waals surface area contributed by atoms with Gasteiger partial charge in [0.15, 0.2) is 6.10 Å². The molecule has 0 N–H and O–H groups in total. The molecule has 1 aromatic rings. The lowest BCUT2D eigenvalue weighted by atomic mass is 9.95. The van der Waals surface area contributed by atoms with Crippen LogP contribution in [0.3, 0.4) is 0 Å². The summed E-state index contributed by atoms with van der Waals surface area (Å²) in [5.74, 6) is 0.0790. The predicted octanol–water partition coefficient (Wildman–Crippen LogP) is 1.76. The number of fused-ring (bicyclic) bond motifs is 2. The van der Waals surface area contributed by atoms with Gasteiger partial charge in [0.25, 0.3) is 0 Å². The topological polar surface area (TPSA) is 38.8 Å². The molecule has 2 saturated heterocycles. The standard InChI is InChI=1S/C14H17NO3/c16-14(17-10-11-5-2-1-3-6-11)13-12-7-4-8-15(9-12)18-13/h1-3,5-6,12-13H,4,7-10H2/t12-,13-/m1/s1. The van der Waals surface area contributed by atoms with E-state index in [9.17, 15) is 4.79 Å². The number of carbonyl (C=O) groups is 1. The smallest absolute Gasteiger partial charge is 0.338 e. The maximum atomic E-state index is 12.0. The largest absolute Gasteiger partial charge is 0.459 e. The Hall–Kier alpha value is -1.39. The van der Waals surface area contributed by atoms with E-state index in [1.807, 2.05) is 35.4 Å². The lowest BCUT2D eigenvalue weighted by Gasteiger charge is -2.17. The van der Waals surface area contributed by atoms with Gasteiger partial charge in [0.05, 0.1) is 0 Å². The minimum atomic E-state index is -0.392. The van der Waals surface area contributed by atoms with Gasteiger partial charge in [0.2, 0.25) is 0 Å². The van der Waals surface area contributed by atoms with E-state index in [1.54, 1.807) is 0 Å². The van der Waals surface area contributed by atoms with Gasteiger partial charge in [0.1, 0.15) is 6.61 Å². The summed E-state index contributed by atoms with van der Waals surface area (Å²) < 4.78 is 5.33. The average molecular weight is 247 g/mol. The number of carbonyl (C=O) groups excluding carboxylic acids is 1. The Morgan fingerprint density at radius 2 is 2.22 bits per heavy atom. The maximum absolute atomic E-state index is 12.0. The number of benzene rings is 1. The van der Waals surface area contributed by atoms with Crippen LogP contribution in [0.15, 0.2) is 30.3 Å². The van der Waals surface area contributed by atoms with E-state index in [4.69, 9.17) is 9.57 Å². The molecule has 2 aliphatic rings. The second-order valence-electron chi connectivity index (χ2n) is 4.91. The highest BCUT2D eigenvalue weighted by atomic mass is 16.7. The second kappa shape index (κ2) is 5.08. The third-order valence-electron chi connectivity index (χ3n) is 3.57. The Morgan fingerprint density at radius 3 is 3.00 bits per heavy atom. The molecule has 2 aliphatic heterocycles. The molecule has 3 atom stereocenters. The molecule has 0 radical (unpaired) electrons. The minimum absolute atomic E-state index is 0.228. The highest BCUT2D eigenvalue weighted by Crippen LogP contribution is 2.30. The summed E-state index contributed by atoms with van der Waals surface area (Å²) in [5.41, 5.74) is 1.01. The Balaban J connectivity index is 1.56. The molecule has 2 heterocycles. The first kappa shape index (κ1) is 11.7. The number of hydroxylamine groups is 2. The van der Waals surface area contributed by atoms with Crippen LogP contribution in [0.25, 0.3) is 0 Å². The quantitative estimate of drug-likeness (QED) is 0.763. The molecular formula is C14H17NO3. The van der Waals surface area contributed by atoms with E-state index in [0.29, 0.717) is 12.5 Å². The number of hydrogen-bond donors (Lipinski definition) is 0. The molecule has 0 spiro atoms. The van der Waals surface area contributed by atoms with Crippen LogP contribution in [0.5, 0.6) is 0 Å². The van der Waals surface area contributed by atoms with Crippen LogP contribution in [0.4, 0.5) is 0 Å². The first-order valence-electron chi connectivity index (χ1n) is 6.45. The van der Waals surface area contributed by atoms with Crippen molar-refractivity contribution in [3.8, 4) is 0 Å². The highest BCUT2D eigenvalue weighted by molar-refractivity contribution is 5.75. The summed E-state index contributed by atoms with van der Waals surface area (Å²) in [5, 5.41) is 1.89. The minimum Gasteiger partial charge on any atom is -0.459 e. The van der Waals surface area contributed by atoms with Gasteiger partial charge < -0.3 is 4.74 Å². The first-order valence-corrected chi connectivity index (χ1v) is 6.45. The van der Waals surface area contributed by atoms with Crippen molar-refractivity contribution in [1.29, 1.82) is 0 Å². The Bertz CT molecular complexity index is 420. The fourth-order valence-corrected chi connectivity index (χ4v) is 2.61. The van der Waals surface area contributed by atoms with E-state index < -0.39 is 6.10 Å². The monoisotopic (exact) mass is 247 g/mol. The van der Waals surface area contributed by atoms with Crippen LogP contribution in [0.1, 0.15) is 18.4 Å². The van der Waals surface area contributed by atoms with Crippen molar-refractivity contribution in [2.75, 3.05) is 13.1 Å². The van der Waals surface area contributed by atoms with E-state index >= 15 is 0 Å². The van der Waals surface area contributed by atoms with Gasteiger partial charge in [-0.15, -0.1) is 0 Å². The van der Waals surface area contributed by atoms with Crippen molar-refractivity contribution in [3.05, 3.63) is 35.9 Å². The molecule has 1 aromatic carbocycles. The molecule has 0 aliphatic carbocycles. The molecule has 3 rings (SSSR count). The number of esters is 1. The Morgan fingerprint density at radius 1 is 1.39 bits per heavy atom. The van der Waals surface area contributed by atoms with Gasteiger partial charge in [-0.1, -0.05) is 30.3 Å². The van der Waals surface area contributed by atoms with Gasteiger partial charge in [-0.25, -0.2) is 4.79 Å². The summed E-state index contributed by atoms with van der Waals surface area (Å²) >= 11 is 0. The van der Waals surface area contributed by atoms with E-state index in [2.05, 4.69) is 0 Å². The molecular weight excluding hydrogens is 230 g/mol. The summed E-state index contributed by atoms with van der Waals surface area (Å²) in [6.07, 6.45) is 1.77. The molecule has 4 heteroatoms. The van der Waals surface area contributed by atoms with Crippen molar-refractivity contribution >= 4 is 5.97 Å². The fraction of sp³-hybridized carbons (Fsp3) is 0.500. The van der Waals surface area contributed by atoms with Crippen molar-refractivity contribution < 1.29 is 14.4 Å². The van der Waals surface area contributed by atoms with Crippen LogP contribution < -0.4 is 0 Å².